The summed E-state index contributed by atoms with van der Waals surface area (Å²) in [6, 6.07) is 12.0. The number of carbonyl (C=O) groups excluding carboxylic acids is 1. The molecule has 0 bridgehead atoms. The quantitative estimate of drug-likeness (QED) is 0.853. The second-order valence-electron chi connectivity index (χ2n) is 4.51. The summed E-state index contributed by atoms with van der Waals surface area (Å²) >= 11 is 0. The van der Waals surface area contributed by atoms with Crippen LogP contribution < -0.4 is 11.1 Å². The van der Waals surface area contributed by atoms with E-state index >= 15 is 0 Å². The average molecular weight is 306 g/mol. The molecule has 2 rings (SSSR count). The third kappa shape index (κ3) is 3.88. The van der Waals surface area contributed by atoms with Gasteiger partial charge in [0.15, 0.2) is 0 Å². The molecule has 0 aromatic heterocycles. The predicted molar refractivity (Wildman–Crippen MR) is 81.8 cm³/mol. The number of hydrogen-bond donors (Lipinski definition) is 2. The third-order valence-corrected chi connectivity index (χ3v) is 4.48. The van der Waals surface area contributed by atoms with E-state index in [0.29, 0.717) is 16.3 Å². The number of nitrogen functional groups attached to an aromatic ring is 1. The maximum Gasteiger partial charge on any atom is 0.240 e. The van der Waals surface area contributed by atoms with E-state index in [-0.39, 0.29) is 5.91 Å². The molecule has 0 spiro atoms. The van der Waals surface area contributed by atoms with Gasteiger partial charge in [0.1, 0.15) is 11.1 Å². The Bertz CT molecular complexity index is 674. The Balaban J connectivity index is 2.08. The highest BCUT2D eigenvalue weighted by atomic mass is 32.2. The second-order valence-corrected chi connectivity index (χ2v) is 6.28. The van der Waals surface area contributed by atoms with Crippen molar-refractivity contribution in [1.29, 1.82) is 0 Å². The number of hydrogen-bond acceptors (Lipinski definition) is 3. The van der Waals surface area contributed by atoms with Crippen LogP contribution in [0.3, 0.4) is 0 Å². The molecule has 4 nitrogen and oxygen atoms in total. The van der Waals surface area contributed by atoms with Gasteiger partial charge in [-0.2, -0.15) is 0 Å². The minimum Gasteiger partial charge on any atom is -0.399 e. The van der Waals surface area contributed by atoms with Crippen molar-refractivity contribution >= 4 is 28.1 Å². The Kier molecular flexibility index (Phi) is 4.70. The number of halogens is 1. The molecule has 1 amide bonds. The molecule has 21 heavy (non-hydrogen) atoms. The van der Waals surface area contributed by atoms with Crippen LogP contribution in [0.4, 0.5) is 15.8 Å². The van der Waals surface area contributed by atoms with Gasteiger partial charge in [-0.25, -0.2) is 4.39 Å². The molecule has 2 atom stereocenters. The Labute approximate surface area is 124 Å². The number of amides is 1. The van der Waals surface area contributed by atoms with E-state index in [4.69, 9.17) is 5.73 Å². The van der Waals surface area contributed by atoms with Gasteiger partial charge in [0.2, 0.25) is 5.91 Å². The van der Waals surface area contributed by atoms with E-state index in [9.17, 15) is 13.4 Å². The molecule has 0 aliphatic rings. The molecule has 0 aliphatic heterocycles. The molecular formula is C15H15FN2O2S. The van der Waals surface area contributed by atoms with Crippen LogP contribution in [0, 0.1) is 5.82 Å². The van der Waals surface area contributed by atoms with Crippen molar-refractivity contribution in [2.24, 2.45) is 0 Å². The van der Waals surface area contributed by atoms with E-state index in [1.807, 2.05) is 0 Å². The van der Waals surface area contributed by atoms with Gasteiger partial charge in [0, 0.05) is 16.3 Å². The topological polar surface area (TPSA) is 72.2 Å². The van der Waals surface area contributed by atoms with Gasteiger partial charge in [-0.15, -0.1) is 0 Å². The minimum atomic E-state index is -1.56. The Morgan fingerprint density at radius 1 is 1.24 bits per heavy atom. The van der Waals surface area contributed by atoms with E-state index in [0.717, 1.165) is 0 Å². The molecule has 0 saturated carbocycles. The van der Waals surface area contributed by atoms with Gasteiger partial charge in [0.05, 0.1) is 10.8 Å². The SMILES string of the molecule is CC(C(=O)Nc1cccc(N)c1)S(=O)c1ccc(F)cc1. The van der Waals surface area contributed by atoms with Crippen LogP contribution in [0.1, 0.15) is 6.92 Å². The number of anilines is 2. The van der Waals surface area contributed by atoms with Crippen molar-refractivity contribution in [2.45, 2.75) is 17.1 Å². The van der Waals surface area contributed by atoms with Gasteiger partial charge in [0.25, 0.3) is 0 Å². The molecule has 0 aliphatic carbocycles. The Morgan fingerprint density at radius 3 is 2.52 bits per heavy atom. The smallest absolute Gasteiger partial charge is 0.240 e. The van der Waals surface area contributed by atoms with Crippen LogP contribution in [0.5, 0.6) is 0 Å². The van der Waals surface area contributed by atoms with Crippen LogP contribution in [-0.4, -0.2) is 15.4 Å². The largest absolute Gasteiger partial charge is 0.399 e. The van der Waals surface area contributed by atoms with Crippen molar-refractivity contribution in [1.82, 2.24) is 0 Å². The summed E-state index contributed by atoms with van der Waals surface area (Å²) in [4.78, 5) is 12.5. The van der Waals surface area contributed by atoms with Crippen molar-refractivity contribution in [3.8, 4) is 0 Å². The Hall–Kier alpha value is -2.21. The van der Waals surface area contributed by atoms with Gasteiger partial charge < -0.3 is 11.1 Å². The van der Waals surface area contributed by atoms with Crippen LogP contribution >= 0.6 is 0 Å². The molecule has 2 aromatic rings. The average Bonchev–Trinajstić information content (AvgIpc) is 2.46. The first-order chi connectivity index (χ1) is 9.97. The summed E-state index contributed by atoms with van der Waals surface area (Å²) in [7, 11) is -1.56. The zero-order valence-electron chi connectivity index (χ0n) is 11.4. The first-order valence-corrected chi connectivity index (χ1v) is 7.51. The second kappa shape index (κ2) is 6.49. The molecule has 0 radical (unpaired) electrons. The number of nitrogens with one attached hydrogen (secondary N) is 1. The summed E-state index contributed by atoms with van der Waals surface area (Å²) in [5, 5.41) is 1.89. The van der Waals surface area contributed by atoms with Gasteiger partial charge in [-0.3, -0.25) is 9.00 Å². The third-order valence-electron chi connectivity index (χ3n) is 2.89. The fourth-order valence-corrected chi connectivity index (χ4v) is 2.80. The molecule has 0 fully saturated rings. The van der Waals surface area contributed by atoms with E-state index in [1.165, 1.54) is 24.3 Å². The lowest BCUT2D eigenvalue weighted by atomic mass is 10.3. The highest BCUT2D eigenvalue weighted by Crippen LogP contribution is 2.16. The first kappa shape index (κ1) is 15.2. The standard InChI is InChI=1S/C15H15FN2O2S/c1-10(21(20)14-7-5-11(16)6-8-14)15(19)18-13-4-2-3-12(17)9-13/h2-10H,17H2,1H3,(H,18,19). The van der Waals surface area contributed by atoms with Crippen molar-refractivity contribution in [3.05, 3.63) is 54.3 Å². The van der Waals surface area contributed by atoms with Gasteiger partial charge in [-0.05, 0) is 49.4 Å². The fourth-order valence-electron chi connectivity index (χ4n) is 1.73. The minimum absolute atomic E-state index is 0.386. The van der Waals surface area contributed by atoms with Crippen LogP contribution in [0.2, 0.25) is 0 Å². The molecule has 6 heteroatoms. The van der Waals surface area contributed by atoms with Crippen molar-refractivity contribution in [3.63, 3.8) is 0 Å². The number of rotatable bonds is 4. The molecule has 3 N–H and O–H groups in total. The summed E-state index contributed by atoms with van der Waals surface area (Å²) in [5.41, 5.74) is 6.70. The number of nitrogens with two attached hydrogens (primary N) is 1. The zero-order valence-corrected chi connectivity index (χ0v) is 12.2. The van der Waals surface area contributed by atoms with E-state index in [1.54, 1.807) is 31.2 Å². The summed E-state index contributed by atoms with van der Waals surface area (Å²) in [5.74, 6) is -0.795. The van der Waals surface area contributed by atoms with Gasteiger partial charge in [-0.1, -0.05) is 6.07 Å². The first-order valence-electron chi connectivity index (χ1n) is 6.30. The van der Waals surface area contributed by atoms with E-state index < -0.39 is 21.9 Å². The molecule has 110 valence electrons. The van der Waals surface area contributed by atoms with Crippen LogP contribution in [-0.2, 0) is 15.6 Å². The highest BCUT2D eigenvalue weighted by molar-refractivity contribution is 7.86. The summed E-state index contributed by atoms with van der Waals surface area (Å²) in [6.07, 6.45) is 0. The molecular weight excluding hydrogens is 291 g/mol. The highest BCUT2D eigenvalue weighted by Gasteiger charge is 2.21. The van der Waals surface area contributed by atoms with Crippen LogP contribution in [0.15, 0.2) is 53.4 Å². The van der Waals surface area contributed by atoms with Crippen LogP contribution in [0.25, 0.3) is 0 Å². The lowest BCUT2D eigenvalue weighted by molar-refractivity contribution is -0.115. The molecule has 0 heterocycles. The van der Waals surface area contributed by atoms with Crippen molar-refractivity contribution in [2.75, 3.05) is 11.1 Å². The lowest BCUT2D eigenvalue weighted by Gasteiger charge is -2.12. The summed E-state index contributed by atoms with van der Waals surface area (Å²) < 4.78 is 25.1. The molecule has 0 saturated heterocycles. The lowest BCUT2D eigenvalue weighted by Crippen LogP contribution is -2.29. The number of carbonyl (C=O) groups is 1. The monoisotopic (exact) mass is 306 g/mol. The number of benzene rings is 2. The van der Waals surface area contributed by atoms with Gasteiger partial charge >= 0.3 is 0 Å². The van der Waals surface area contributed by atoms with Crippen molar-refractivity contribution < 1.29 is 13.4 Å². The maximum atomic E-state index is 12.8. The molecule has 2 unspecified atom stereocenters. The molecule has 2 aromatic carbocycles. The van der Waals surface area contributed by atoms with E-state index in [2.05, 4.69) is 5.32 Å². The normalized spacial score (nSPS) is 13.4. The Morgan fingerprint density at radius 2 is 1.90 bits per heavy atom. The summed E-state index contributed by atoms with van der Waals surface area (Å²) in [6.45, 7) is 1.56. The maximum absolute atomic E-state index is 12.8. The fraction of sp³-hybridized carbons (Fsp3) is 0.133. The predicted octanol–water partition coefficient (Wildman–Crippen LogP) is 2.54. The zero-order chi connectivity index (χ0) is 15.4.